The van der Waals surface area contributed by atoms with Gasteiger partial charge in [0.05, 0.1) is 0 Å². The number of benzene rings is 1. The zero-order valence-electron chi connectivity index (χ0n) is 9.22. The third-order valence-corrected chi connectivity index (χ3v) is 4.21. The van der Waals surface area contributed by atoms with Crippen LogP contribution in [0.3, 0.4) is 0 Å². The average Bonchev–Trinajstić information content (AvgIpc) is 2.48. The molecule has 0 aliphatic carbocycles. The van der Waals surface area contributed by atoms with Gasteiger partial charge < -0.3 is 5.32 Å². The van der Waals surface area contributed by atoms with Gasteiger partial charge in [0.25, 0.3) is 0 Å². The summed E-state index contributed by atoms with van der Waals surface area (Å²) in [6.07, 6.45) is 0.961. The van der Waals surface area contributed by atoms with Crippen LogP contribution >= 0.6 is 23.4 Å². The molecule has 0 radical (unpaired) electrons. The first-order valence-corrected chi connectivity index (χ1v) is 7.05. The smallest absolute Gasteiger partial charge is 0.128 e. The molecular formula is C12H15ClFNS. The summed E-state index contributed by atoms with van der Waals surface area (Å²) in [5.74, 6) is 1.73. The van der Waals surface area contributed by atoms with Gasteiger partial charge in [0, 0.05) is 22.4 Å². The van der Waals surface area contributed by atoms with Gasteiger partial charge in [-0.05, 0) is 36.4 Å². The summed E-state index contributed by atoms with van der Waals surface area (Å²) in [7, 11) is 0. The SMILES string of the molecule is CCNC1CCSCc2c(Cl)ccc(F)c21. The van der Waals surface area contributed by atoms with E-state index in [1.807, 2.05) is 18.7 Å². The lowest BCUT2D eigenvalue weighted by molar-refractivity contribution is 0.503. The average molecular weight is 260 g/mol. The summed E-state index contributed by atoms with van der Waals surface area (Å²) in [5.41, 5.74) is 1.74. The van der Waals surface area contributed by atoms with Crippen LogP contribution < -0.4 is 5.32 Å². The Hall–Kier alpha value is -0.250. The fourth-order valence-corrected chi connectivity index (χ4v) is 3.48. The molecule has 0 saturated heterocycles. The standard InChI is InChI=1S/C12H15ClFNS/c1-2-15-11-5-6-16-7-8-9(13)3-4-10(14)12(8)11/h3-4,11,15H,2,5-7H2,1H3. The Morgan fingerprint density at radius 1 is 1.56 bits per heavy atom. The molecule has 16 heavy (non-hydrogen) atoms. The molecule has 88 valence electrons. The minimum Gasteiger partial charge on any atom is -0.310 e. The van der Waals surface area contributed by atoms with Gasteiger partial charge in [0.1, 0.15) is 5.82 Å². The normalized spacial score (nSPS) is 20.3. The molecule has 4 heteroatoms. The van der Waals surface area contributed by atoms with Crippen molar-refractivity contribution >= 4 is 23.4 Å². The first kappa shape index (κ1) is 12.2. The highest BCUT2D eigenvalue weighted by molar-refractivity contribution is 7.98. The lowest BCUT2D eigenvalue weighted by atomic mass is 9.98. The Labute approximate surface area is 105 Å². The number of nitrogens with one attached hydrogen (secondary N) is 1. The van der Waals surface area contributed by atoms with Crippen molar-refractivity contribution in [3.05, 3.63) is 34.1 Å². The van der Waals surface area contributed by atoms with Gasteiger partial charge in [-0.1, -0.05) is 18.5 Å². The van der Waals surface area contributed by atoms with Crippen molar-refractivity contribution in [3.63, 3.8) is 0 Å². The summed E-state index contributed by atoms with van der Waals surface area (Å²) in [5, 5.41) is 4.03. The van der Waals surface area contributed by atoms with E-state index in [2.05, 4.69) is 5.32 Å². The van der Waals surface area contributed by atoms with Crippen molar-refractivity contribution in [3.8, 4) is 0 Å². The Balaban J connectivity index is 2.46. The Morgan fingerprint density at radius 3 is 3.12 bits per heavy atom. The second-order valence-electron chi connectivity index (χ2n) is 3.87. The lowest BCUT2D eigenvalue weighted by Gasteiger charge is -2.19. The summed E-state index contributed by atoms with van der Waals surface area (Å²) >= 11 is 7.96. The van der Waals surface area contributed by atoms with E-state index in [0.29, 0.717) is 5.02 Å². The molecule has 1 aliphatic rings. The van der Waals surface area contributed by atoms with Gasteiger partial charge in [0.15, 0.2) is 0 Å². The number of rotatable bonds is 2. The van der Waals surface area contributed by atoms with Crippen molar-refractivity contribution in [2.75, 3.05) is 12.3 Å². The van der Waals surface area contributed by atoms with E-state index in [9.17, 15) is 4.39 Å². The number of fused-ring (bicyclic) bond motifs is 1. The third-order valence-electron chi connectivity index (χ3n) is 2.84. The highest BCUT2D eigenvalue weighted by Crippen LogP contribution is 2.36. The highest BCUT2D eigenvalue weighted by Gasteiger charge is 2.23. The first-order chi connectivity index (χ1) is 7.74. The van der Waals surface area contributed by atoms with Crippen LogP contribution in [0.2, 0.25) is 5.02 Å². The molecule has 0 saturated carbocycles. The molecule has 0 bridgehead atoms. The predicted molar refractivity (Wildman–Crippen MR) is 68.6 cm³/mol. The molecule has 1 N–H and O–H groups in total. The van der Waals surface area contributed by atoms with Crippen LogP contribution in [0.1, 0.15) is 30.5 Å². The van der Waals surface area contributed by atoms with Crippen molar-refractivity contribution in [2.24, 2.45) is 0 Å². The van der Waals surface area contributed by atoms with E-state index in [0.717, 1.165) is 35.6 Å². The topological polar surface area (TPSA) is 12.0 Å². The Morgan fingerprint density at radius 2 is 2.38 bits per heavy atom. The molecule has 1 aliphatic heterocycles. The van der Waals surface area contributed by atoms with E-state index in [1.165, 1.54) is 6.07 Å². The van der Waals surface area contributed by atoms with Crippen LogP contribution in [0.25, 0.3) is 0 Å². The second kappa shape index (κ2) is 5.39. The zero-order valence-corrected chi connectivity index (χ0v) is 10.8. The molecular weight excluding hydrogens is 245 g/mol. The van der Waals surface area contributed by atoms with Crippen LogP contribution in [0, 0.1) is 5.82 Å². The maximum atomic E-state index is 13.9. The number of hydrogen-bond acceptors (Lipinski definition) is 2. The number of hydrogen-bond donors (Lipinski definition) is 1. The highest BCUT2D eigenvalue weighted by atomic mass is 35.5. The van der Waals surface area contributed by atoms with Gasteiger partial charge in [-0.2, -0.15) is 11.8 Å². The maximum Gasteiger partial charge on any atom is 0.128 e. The fraction of sp³-hybridized carbons (Fsp3) is 0.500. The molecule has 1 aromatic rings. The van der Waals surface area contributed by atoms with Crippen LogP contribution in [-0.4, -0.2) is 12.3 Å². The summed E-state index contributed by atoms with van der Waals surface area (Å²) in [6.45, 7) is 2.89. The lowest BCUT2D eigenvalue weighted by Crippen LogP contribution is -2.22. The molecule has 1 unspecified atom stereocenters. The van der Waals surface area contributed by atoms with Crippen molar-refractivity contribution in [2.45, 2.75) is 25.1 Å². The van der Waals surface area contributed by atoms with Crippen LogP contribution in [0.4, 0.5) is 4.39 Å². The minimum absolute atomic E-state index is 0.105. The van der Waals surface area contributed by atoms with Crippen molar-refractivity contribution in [1.82, 2.24) is 5.32 Å². The van der Waals surface area contributed by atoms with Crippen LogP contribution in [0.5, 0.6) is 0 Å². The van der Waals surface area contributed by atoms with Gasteiger partial charge >= 0.3 is 0 Å². The monoisotopic (exact) mass is 259 g/mol. The first-order valence-electron chi connectivity index (χ1n) is 5.52. The summed E-state index contributed by atoms with van der Waals surface area (Å²) in [6, 6.07) is 3.24. The van der Waals surface area contributed by atoms with Crippen LogP contribution in [-0.2, 0) is 5.75 Å². The molecule has 1 aromatic carbocycles. The van der Waals surface area contributed by atoms with Gasteiger partial charge in [-0.3, -0.25) is 0 Å². The fourth-order valence-electron chi connectivity index (χ4n) is 2.10. The third kappa shape index (κ3) is 2.36. The summed E-state index contributed by atoms with van der Waals surface area (Å²) < 4.78 is 13.9. The van der Waals surface area contributed by atoms with E-state index < -0.39 is 0 Å². The van der Waals surface area contributed by atoms with E-state index in [4.69, 9.17) is 11.6 Å². The number of thioether (sulfide) groups is 1. The molecule has 0 aromatic heterocycles. The Kier molecular flexibility index (Phi) is 4.11. The molecule has 1 heterocycles. The summed E-state index contributed by atoms with van der Waals surface area (Å²) in [4.78, 5) is 0. The molecule has 0 spiro atoms. The van der Waals surface area contributed by atoms with Crippen molar-refractivity contribution in [1.29, 1.82) is 0 Å². The minimum atomic E-state index is -0.132. The second-order valence-corrected chi connectivity index (χ2v) is 5.39. The van der Waals surface area contributed by atoms with Crippen LogP contribution in [0.15, 0.2) is 12.1 Å². The largest absolute Gasteiger partial charge is 0.310 e. The van der Waals surface area contributed by atoms with E-state index >= 15 is 0 Å². The molecule has 2 rings (SSSR count). The van der Waals surface area contributed by atoms with Gasteiger partial charge in [0.2, 0.25) is 0 Å². The number of halogens is 2. The van der Waals surface area contributed by atoms with Gasteiger partial charge in [-0.15, -0.1) is 0 Å². The van der Waals surface area contributed by atoms with Gasteiger partial charge in [-0.25, -0.2) is 4.39 Å². The molecule has 0 fully saturated rings. The predicted octanol–water partition coefficient (Wildman–Crippen LogP) is 3.77. The van der Waals surface area contributed by atoms with E-state index in [-0.39, 0.29) is 11.9 Å². The molecule has 1 nitrogen and oxygen atoms in total. The van der Waals surface area contributed by atoms with Crippen molar-refractivity contribution < 1.29 is 4.39 Å². The zero-order chi connectivity index (χ0) is 11.5. The molecule has 1 atom stereocenters. The quantitative estimate of drug-likeness (QED) is 0.868. The molecule has 0 amide bonds. The Bertz CT molecular complexity index is 384. The van der Waals surface area contributed by atoms with E-state index in [1.54, 1.807) is 6.07 Å². The maximum absolute atomic E-state index is 13.9.